The van der Waals surface area contributed by atoms with Crippen molar-refractivity contribution in [1.29, 1.82) is 0 Å². The minimum Gasteiger partial charge on any atom is -0.480 e. The van der Waals surface area contributed by atoms with Gasteiger partial charge in [-0.15, -0.1) is 0 Å². The molecule has 35 heteroatoms. The Morgan fingerprint density at radius 3 is 2.12 bits per heavy atom. The number of sulfone groups is 1. The molecule has 1 saturated carbocycles. The molecule has 0 unspecified atom stereocenters. The normalized spacial score (nSPS) is 16.2. The summed E-state index contributed by atoms with van der Waals surface area (Å²) in [7, 11) is -14.6. The molecule has 3 atom stereocenters. The number of phosphoric acid groups is 1. The number of hydrogen-bond acceptors (Lipinski definition) is 13. The Hall–Kier alpha value is -7.63. The first-order valence-corrected chi connectivity index (χ1v) is 32.0. The maximum Gasteiger partial charge on any atom is 0.524 e. The van der Waals surface area contributed by atoms with Crippen LogP contribution in [0.4, 0.5) is 49.7 Å². The van der Waals surface area contributed by atoms with E-state index in [0.717, 1.165) is 48.7 Å². The molecule has 0 saturated heterocycles. The summed E-state index contributed by atoms with van der Waals surface area (Å²) in [6.07, 6.45) is -12.2. The monoisotopic (exact) mass is 1350 g/mol. The number of hydrogen-bond donors (Lipinski definition) is 5. The van der Waals surface area contributed by atoms with Crippen molar-refractivity contribution in [2.24, 2.45) is 5.92 Å². The number of amides is 3. The van der Waals surface area contributed by atoms with Crippen molar-refractivity contribution in [2.75, 3.05) is 23.4 Å². The summed E-state index contributed by atoms with van der Waals surface area (Å²) in [4.78, 5) is 78.2. The van der Waals surface area contributed by atoms with Crippen molar-refractivity contribution in [3.05, 3.63) is 122 Å². The van der Waals surface area contributed by atoms with Crippen LogP contribution in [0.2, 0.25) is 5.02 Å². The molecule has 0 bridgehead atoms. The summed E-state index contributed by atoms with van der Waals surface area (Å²) in [6.45, 7) is 1.88. The fourth-order valence-electron chi connectivity index (χ4n) is 10.7. The zero-order valence-corrected chi connectivity index (χ0v) is 51.2. The number of nitrogens with one attached hydrogen (secondary N) is 2. The number of rotatable bonds is 20. The van der Waals surface area contributed by atoms with Gasteiger partial charge in [0.15, 0.2) is 21.3 Å². The van der Waals surface area contributed by atoms with Crippen LogP contribution in [0, 0.1) is 36.3 Å². The molecule has 0 radical (unpaired) electrons. The third-order valence-corrected chi connectivity index (χ3v) is 18.4. The van der Waals surface area contributed by atoms with Crippen molar-refractivity contribution in [3.63, 3.8) is 0 Å². The number of sulfonamides is 1. The van der Waals surface area contributed by atoms with Gasteiger partial charge >= 0.3 is 26.1 Å². The third kappa shape index (κ3) is 14.7. The van der Waals surface area contributed by atoms with Crippen molar-refractivity contribution in [2.45, 2.75) is 114 Å². The number of aryl methyl sites for hydroxylation is 1. The number of nitrogens with zero attached hydrogens (tertiary/aromatic N) is 6. The quantitative estimate of drug-likeness (QED) is 0.0272. The number of aromatic nitrogens is 5. The second-order valence-corrected chi connectivity index (χ2v) is 28.7. The number of aliphatic carboxylic acids is 1. The Morgan fingerprint density at radius 1 is 0.911 bits per heavy atom. The summed E-state index contributed by atoms with van der Waals surface area (Å²) < 4.78 is 219. The highest BCUT2D eigenvalue weighted by Gasteiger charge is 2.68. The Balaban J connectivity index is 1.35. The topological polar surface area (TPSA) is 299 Å². The van der Waals surface area contributed by atoms with Gasteiger partial charge in [0.2, 0.25) is 27.7 Å². The predicted molar refractivity (Wildman–Crippen MR) is 301 cm³/mol. The highest BCUT2D eigenvalue weighted by Crippen LogP contribution is 2.68. The number of carbonyl (C=O) groups is 4. The Labute approximate surface area is 510 Å². The highest BCUT2D eigenvalue weighted by atomic mass is 35.5. The first kappa shape index (κ1) is 68.3. The second-order valence-electron chi connectivity index (χ2n) is 22.7. The number of fused-ring (bicyclic) bond motifs is 4. The van der Waals surface area contributed by atoms with E-state index in [1.54, 1.807) is 0 Å². The first-order valence-electron chi connectivity index (χ1n) is 26.4. The summed E-state index contributed by atoms with van der Waals surface area (Å²) in [6, 6.07) is 6.65. The van der Waals surface area contributed by atoms with Gasteiger partial charge in [-0.3, -0.25) is 38.3 Å². The Morgan fingerprint density at radius 2 is 1.54 bits per heavy atom. The summed E-state index contributed by atoms with van der Waals surface area (Å²) in [5.74, 6) is -11.2. The number of benzene rings is 3. The van der Waals surface area contributed by atoms with E-state index >= 15 is 17.6 Å². The van der Waals surface area contributed by atoms with E-state index in [1.807, 2.05) is 0 Å². The molecule has 3 aromatic heterocycles. The van der Waals surface area contributed by atoms with Crippen molar-refractivity contribution in [1.82, 2.24) is 35.2 Å². The molecule has 3 amide bonds. The van der Waals surface area contributed by atoms with E-state index < -0.39 is 209 Å². The third-order valence-electron chi connectivity index (χ3n) is 14.7. The summed E-state index contributed by atoms with van der Waals surface area (Å²) >= 11 is 6.80. The van der Waals surface area contributed by atoms with Crippen LogP contribution in [0.15, 0.2) is 54.6 Å². The predicted octanol–water partition coefficient (Wildman–Crippen LogP) is 8.48. The highest BCUT2D eigenvalue weighted by molar-refractivity contribution is 7.93. The van der Waals surface area contributed by atoms with E-state index in [0.29, 0.717) is 12.3 Å². The maximum atomic E-state index is 15.8. The molecule has 3 aromatic carbocycles. The van der Waals surface area contributed by atoms with Gasteiger partial charge in [-0.25, -0.2) is 35.2 Å². The number of carboxylic acids is 1. The largest absolute Gasteiger partial charge is 0.524 e. The molecule has 1 fully saturated rings. The van der Waals surface area contributed by atoms with Crippen molar-refractivity contribution < 1.29 is 104 Å². The molecule has 6 aromatic rings. The van der Waals surface area contributed by atoms with Gasteiger partial charge < -0.3 is 20.3 Å². The van der Waals surface area contributed by atoms with Crippen molar-refractivity contribution in [3.8, 4) is 28.7 Å². The minimum atomic E-state index is -5.51. The van der Waals surface area contributed by atoms with E-state index in [4.69, 9.17) is 21.2 Å². The molecule has 0 spiro atoms. The molecule has 484 valence electrons. The zero-order valence-electron chi connectivity index (χ0n) is 47.9. The molecule has 21 nitrogen and oxygen atoms in total. The summed E-state index contributed by atoms with van der Waals surface area (Å²) in [5, 5.41) is 19.7. The van der Waals surface area contributed by atoms with Gasteiger partial charge in [0.25, 0.3) is 5.92 Å². The van der Waals surface area contributed by atoms with E-state index in [1.165, 1.54) is 40.7 Å². The molecule has 0 aliphatic heterocycles. The maximum absolute atomic E-state index is 15.8. The van der Waals surface area contributed by atoms with Gasteiger partial charge in [-0.1, -0.05) is 43.5 Å². The number of halogens is 11. The average molecular weight is 1350 g/mol. The van der Waals surface area contributed by atoms with Crippen LogP contribution in [-0.4, -0.2) is 110 Å². The number of phosphoric ester groups is 1. The minimum absolute atomic E-state index is 0.0390. The van der Waals surface area contributed by atoms with Crippen LogP contribution >= 0.6 is 19.4 Å². The van der Waals surface area contributed by atoms with Crippen LogP contribution in [0.3, 0.4) is 0 Å². The number of anilines is 1. The molecule has 8 rings (SSSR count). The lowest BCUT2D eigenvalue weighted by Crippen LogP contribution is -2.40. The average Bonchev–Trinajstić information content (AvgIpc) is 1.52. The lowest BCUT2D eigenvalue weighted by Gasteiger charge is -2.31. The van der Waals surface area contributed by atoms with Crippen LogP contribution < -0.4 is 19.5 Å². The Bertz CT molecular complexity index is 4310. The number of carboxylic acid groups (broad SMARTS) is 1. The summed E-state index contributed by atoms with van der Waals surface area (Å²) in [5.41, 5.74) is -8.82. The SMILES string of the molecule is Cc1cc(CC(=O)NCC(=O)O)c(C(C)(C)CC(=O)N(c2nn(CC(F)(F)F)c3c(-c4ccc(C#CC(C)(C)S(C)(=O)=O)nc4[C@H](Cc4cc(F)cc(F)c4)NC(=O)Cn4nc(C(F)(F)F)c5c4C(F)(F)[C@@H]4C[C@H]54)ccc(Cl)c23)S(C)(=O)=O)c(OP(=O)(O)O)c1. The fourth-order valence-corrected chi connectivity index (χ4v) is 12.5. The zero-order chi connectivity index (χ0) is 67.1. The van der Waals surface area contributed by atoms with Gasteiger partial charge in [-0.05, 0) is 98.5 Å². The lowest BCUT2D eigenvalue weighted by molar-refractivity contribution is -0.143. The number of carbonyl (C=O) groups excluding carboxylic acids is 3. The van der Waals surface area contributed by atoms with Crippen molar-refractivity contribution >= 4 is 79.7 Å². The van der Waals surface area contributed by atoms with Crippen LogP contribution in [0.5, 0.6) is 5.75 Å². The van der Waals surface area contributed by atoms with Crippen LogP contribution in [0.25, 0.3) is 22.0 Å². The standard InChI is InChI=1S/C55H52ClF10N8O13PS2/c1-26-14-28(19-39(75)67-23-42(78)79)45(38(15-26)87-88(80,81)82)51(2,3)22-41(77)74(90(7,85)86)50-44-36(56)11-10-33(47(44)73(71-50)25-53(59,60)61)32-9-8-31(12-13-52(4,5)89(6,83)84)68-46(32)37(18-27-16-29(57)20-30(58)17-27)69-40(76)24-72-49-43(48(70-72)55(64,65)66)34-21-35(34)54(49,62)63/h8-11,14-17,20,34-35,37H,18-19,21-25H2,1-7H3,(H,67,75)(H,69,76)(H,78,79)(H2,80,81,82)/t34-,35+,37-/m0/s1. The molecule has 3 heterocycles. The van der Waals surface area contributed by atoms with Crippen LogP contribution in [-0.2, 0) is 87.0 Å². The van der Waals surface area contributed by atoms with Gasteiger partial charge in [0.05, 0.1) is 40.3 Å². The first-order chi connectivity index (χ1) is 41.2. The van der Waals surface area contributed by atoms with Gasteiger partial charge in [-0.2, -0.15) is 49.6 Å². The van der Waals surface area contributed by atoms with E-state index in [2.05, 4.69) is 37.7 Å². The Kier molecular flexibility index (Phi) is 18.1. The molecule has 2 aliphatic rings. The van der Waals surface area contributed by atoms with Gasteiger partial charge in [0, 0.05) is 52.3 Å². The van der Waals surface area contributed by atoms with E-state index in [9.17, 15) is 76.7 Å². The fraction of sp³-hybridized carbons (Fsp3) is 0.400. The lowest BCUT2D eigenvalue weighted by atomic mass is 9.77. The smallest absolute Gasteiger partial charge is 0.480 e. The van der Waals surface area contributed by atoms with Gasteiger partial charge in [0.1, 0.15) is 53.2 Å². The molecular formula is C55H52ClF10N8O13PS2. The molecular weight excluding hydrogens is 1300 g/mol. The number of alkyl halides is 8. The second kappa shape index (κ2) is 23.9. The van der Waals surface area contributed by atoms with E-state index in [-0.39, 0.29) is 48.0 Å². The molecule has 90 heavy (non-hydrogen) atoms. The molecule has 5 N–H and O–H groups in total. The van der Waals surface area contributed by atoms with Crippen LogP contribution in [0.1, 0.15) is 103 Å². The molecule has 2 aliphatic carbocycles. The number of pyridine rings is 1.